The zero-order valence-corrected chi connectivity index (χ0v) is 18.4. The van der Waals surface area contributed by atoms with Crippen molar-refractivity contribution in [3.63, 3.8) is 0 Å². The number of fused-ring (bicyclic) bond motifs is 1. The molecular weight excluding hydrogens is 464 g/mol. The lowest BCUT2D eigenvalue weighted by Gasteiger charge is -2.13. The summed E-state index contributed by atoms with van der Waals surface area (Å²) in [5, 5.41) is 1.01. The summed E-state index contributed by atoms with van der Waals surface area (Å²) in [4.78, 5) is 30.6. The molecule has 7 heteroatoms. The standard InChI is InChI=1S/C23H17BrN2O3S/c1-29-18-12-6-15(7-13-18)21(27)14-30-23-25-20-5-3-2-4-19(20)22(28)26(23)17-10-8-16(24)9-11-17/h2-13H,14H2,1H3. The maximum absolute atomic E-state index is 13.2. The van der Waals surface area contributed by atoms with Gasteiger partial charge < -0.3 is 4.74 Å². The van der Waals surface area contributed by atoms with Gasteiger partial charge >= 0.3 is 0 Å². The van der Waals surface area contributed by atoms with Crippen LogP contribution >= 0.6 is 27.7 Å². The third-order valence-electron chi connectivity index (χ3n) is 4.57. The second kappa shape index (κ2) is 8.85. The third-order valence-corrected chi connectivity index (χ3v) is 6.04. The van der Waals surface area contributed by atoms with E-state index in [0.717, 1.165) is 4.47 Å². The van der Waals surface area contributed by atoms with Gasteiger partial charge in [0.1, 0.15) is 5.75 Å². The molecule has 0 aliphatic carbocycles. The molecule has 4 aromatic rings. The molecular formula is C23H17BrN2O3S. The molecule has 1 heterocycles. The molecule has 150 valence electrons. The Kier molecular flexibility index (Phi) is 6.01. The van der Waals surface area contributed by atoms with E-state index in [-0.39, 0.29) is 17.1 Å². The van der Waals surface area contributed by atoms with Crippen LogP contribution in [-0.4, -0.2) is 28.2 Å². The molecule has 0 aliphatic heterocycles. The van der Waals surface area contributed by atoms with E-state index in [0.29, 0.717) is 33.1 Å². The molecule has 30 heavy (non-hydrogen) atoms. The van der Waals surface area contributed by atoms with Crippen molar-refractivity contribution in [2.45, 2.75) is 5.16 Å². The zero-order valence-electron chi connectivity index (χ0n) is 16.0. The van der Waals surface area contributed by atoms with Crippen molar-refractivity contribution >= 4 is 44.4 Å². The predicted octanol–water partition coefficient (Wildman–Crippen LogP) is 5.13. The van der Waals surface area contributed by atoms with Gasteiger partial charge in [0.15, 0.2) is 10.9 Å². The molecule has 0 aliphatic rings. The van der Waals surface area contributed by atoms with Gasteiger partial charge in [-0.25, -0.2) is 4.98 Å². The van der Waals surface area contributed by atoms with Gasteiger partial charge in [-0.3, -0.25) is 14.2 Å². The molecule has 0 N–H and O–H groups in total. The Morgan fingerprint density at radius 3 is 2.43 bits per heavy atom. The van der Waals surface area contributed by atoms with E-state index in [1.807, 2.05) is 36.4 Å². The van der Waals surface area contributed by atoms with Crippen molar-refractivity contribution in [3.8, 4) is 11.4 Å². The van der Waals surface area contributed by atoms with E-state index < -0.39 is 0 Å². The summed E-state index contributed by atoms with van der Waals surface area (Å²) in [5.74, 6) is 0.806. The molecule has 0 atom stereocenters. The number of carbonyl (C=O) groups is 1. The Morgan fingerprint density at radius 2 is 1.73 bits per heavy atom. The van der Waals surface area contributed by atoms with Crippen LogP contribution in [0.25, 0.3) is 16.6 Å². The van der Waals surface area contributed by atoms with Crippen molar-refractivity contribution in [2.24, 2.45) is 0 Å². The number of hydrogen-bond donors (Lipinski definition) is 0. The Labute approximate surface area is 185 Å². The number of nitrogens with zero attached hydrogens (tertiary/aromatic N) is 2. The minimum absolute atomic E-state index is 0.0487. The van der Waals surface area contributed by atoms with Crippen LogP contribution in [0.5, 0.6) is 5.75 Å². The van der Waals surface area contributed by atoms with Gasteiger partial charge in [0.2, 0.25) is 0 Å². The van der Waals surface area contributed by atoms with E-state index in [2.05, 4.69) is 20.9 Å². The number of thioether (sulfide) groups is 1. The molecule has 0 bridgehead atoms. The van der Waals surface area contributed by atoms with Crippen molar-refractivity contribution in [1.82, 2.24) is 9.55 Å². The number of para-hydroxylation sites is 1. The SMILES string of the molecule is COc1ccc(C(=O)CSc2nc3ccccc3c(=O)n2-c2ccc(Br)cc2)cc1. The lowest BCUT2D eigenvalue weighted by atomic mass is 10.1. The number of carbonyl (C=O) groups excluding carboxylic acids is 1. The maximum Gasteiger partial charge on any atom is 0.266 e. The molecule has 1 aromatic heterocycles. The number of Topliss-reactive ketones (excluding diaryl/α,β-unsaturated/α-hetero) is 1. The molecule has 0 amide bonds. The number of ether oxygens (including phenoxy) is 1. The van der Waals surface area contributed by atoms with Crippen LogP contribution < -0.4 is 10.3 Å². The van der Waals surface area contributed by atoms with E-state index in [4.69, 9.17) is 4.74 Å². The fourth-order valence-corrected chi connectivity index (χ4v) is 4.19. The number of hydrogen-bond acceptors (Lipinski definition) is 5. The first-order valence-electron chi connectivity index (χ1n) is 9.14. The molecule has 3 aromatic carbocycles. The molecule has 0 spiro atoms. The lowest BCUT2D eigenvalue weighted by molar-refractivity contribution is 0.102. The Balaban J connectivity index is 1.71. The summed E-state index contributed by atoms with van der Waals surface area (Å²) in [7, 11) is 1.58. The smallest absolute Gasteiger partial charge is 0.266 e. The molecule has 0 fully saturated rings. The summed E-state index contributed by atoms with van der Waals surface area (Å²) in [6, 6.07) is 21.6. The van der Waals surface area contributed by atoms with Crippen molar-refractivity contribution in [2.75, 3.05) is 12.9 Å². The average Bonchev–Trinajstić information content (AvgIpc) is 2.78. The Bertz CT molecular complexity index is 1270. The van der Waals surface area contributed by atoms with Crippen LogP contribution in [0.2, 0.25) is 0 Å². The van der Waals surface area contributed by atoms with E-state index in [9.17, 15) is 9.59 Å². The highest BCUT2D eigenvalue weighted by Crippen LogP contribution is 2.23. The summed E-state index contributed by atoms with van der Waals surface area (Å²) < 4.78 is 7.61. The lowest BCUT2D eigenvalue weighted by Crippen LogP contribution is -2.22. The number of aromatic nitrogens is 2. The number of halogens is 1. The molecule has 4 rings (SSSR count). The normalized spacial score (nSPS) is 10.9. The molecule has 0 saturated carbocycles. The van der Waals surface area contributed by atoms with Gasteiger partial charge in [-0.15, -0.1) is 0 Å². The number of benzene rings is 3. The van der Waals surface area contributed by atoms with Crippen LogP contribution in [0.4, 0.5) is 0 Å². The highest BCUT2D eigenvalue weighted by atomic mass is 79.9. The third kappa shape index (κ3) is 4.17. The van der Waals surface area contributed by atoms with Gasteiger partial charge in [0, 0.05) is 10.0 Å². The zero-order chi connectivity index (χ0) is 21.1. The maximum atomic E-state index is 13.2. The van der Waals surface area contributed by atoms with Gasteiger partial charge in [-0.05, 0) is 60.7 Å². The topological polar surface area (TPSA) is 61.2 Å². The number of rotatable bonds is 6. The minimum atomic E-state index is -0.165. The first-order valence-corrected chi connectivity index (χ1v) is 10.9. The van der Waals surface area contributed by atoms with Crippen LogP contribution in [0, 0.1) is 0 Å². The summed E-state index contributed by atoms with van der Waals surface area (Å²) >= 11 is 4.67. The van der Waals surface area contributed by atoms with Crippen LogP contribution in [0.15, 0.2) is 87.2 Å². The molecule has 0 saturated heterocycles. The second-order valence-corrected chi connectivity index (χ2v) is 8.33. The van der Waals surface area contributed by atoms with Crippen molar-refractivity contribution in [1.29, 1.82) is 0 Å². The van der Waals surface area contributed by atoms with Crippen molar-refractivity contribution in [3.05, 3.63) is 93.2 Å². The highest BCUT2D eigenvalue weighted by Gasteiger charge is 2.15. The second-order valence-electron chi connectivity index (χ2n) is 6.47. The average molecular weight is 481 g/mol. The van der Waals surface area contributed by atoms with Gasteiger partial charge in [0.25, 0.3) is 5.56 Å². The number of methoxy groups -OCH3 is 1. The largest absolute Gasteiger partial charge is 0.497 e. The fourth-order valence-electron chi connectivity index (χ4n) is 3.02. The van der Waals surface area contributed by atoms with Gasteiger partial charge in [0.05, 0.1) is 29.5 Å². The first kappa shape index (κ1) is 20.4. The van der Waals surface area contributed by atoms with Crippen LogP contribution in [0.1, 0.15) is 10.4 Å². The molecule has 5 nitrogen and oxygen atoms in total. The van der Waals surface area contributed by atoms with Crippen molar-refractivity contribution < 1.29 is 9.53 Å². The van der Waals surface area contributed by atoms with Gasteiger partial charge in [-0.1, -0.05) is 39.8 Å². The quantitative estimate of drug-likeness (QED) is 0.217. The highest BCUT2D eigenvalue weighted by molar-refractivity contribution is 9.10. The first-order chi connectivity index (χ1) is 14.6. The fraction of sp³-hybridized carbons (Fsp3) is 0.0870. The Morgan fingerprint density at radius 1 is 1.03 bits per heavy atom. The van der Waals surface area contributed by atoms with E-state index in [1.54, 1.807) is 48.1 Å². The van der Waals surface area contributed by atoms with Crippen LogP contribution in [0.3, 0.4) is 0 Å². The summed E-state index contributed by atoms with van der Waals surface area (Å²) in [6.07, 6.45) is 0. The number of ketones is 1. The predicted molar refractivity (Wildman–Crippen MR) is 123 cm³/mol. The molecule has 0 unspecified atom stereocenters. The monoisotopic (exact) mass is 480 g/mol. The minimum Gasteiger partial charge on any atom is -0.497 e. The Hall–Kier alpha value is -2.90. The summed E-state index contributed by atoms with van der Waals surface area (Å²) in [5.41, 5.74) is 1.72. The van der Waals surface area contributed by atoms with Gasteiger partial charge in [-0.2, -0.15) is 0 Å². The van der Waals surface area contributed by atoms with Crippen LogP contribution in [-0.2, 0) is 0 Å². The van der Waals surface area contributed by atoms with E-state index in [1.165, 1.54) is 11.8 Å². The summed E-state index contributed by atoms with van der Waals surface area (Å²) in [6.45, 7) is 0. The van der Waals surface area contributed by atoms with E-state index >= 15 is 0 Å². The molecule has 0 radical (unpaired) electrons.